The van der Waals surface area contributed by atoms with Gasteiger partial charge >= 0.3 is 0 Å². The molecule has 1 atom stereocenters. The molecule has 0 aromatic carbocycles. The molecule has 2 N–H and O–H groups in total. The predicted octanol–water partition coefficient (Wildman–Crippen LogP) is 2.35. The van der Waals surface area contributed by atoms with Crippen molar-refractivity contribution in [2.75, 3.05) is 33.7 Å². The molecule has 1 fully saturated rings. The molecule has 1 aromatic heterocycles. The molecular weight excluding hydrogens is 320 g/mol. The molecule has 0 bridgehead atoms. The van der Waals surface area contributed by atoms with E-state index >= 15 is 0 Å². The van der Waals surface area contributed by atoms with E-state index in [0.29, 0.717) is 18.3 Å². The first-order valence-electron chi connectivity index (χ1n) is 8.81. The van der Waals surface area contributed by atoms with Crippen molar-refractivity contribution >= 4 is 23.2 Å². The molecule has 1 unspecified atom stereocenters. The quantitative estimate of drug-likeness (QED) is 0.612. The number of piperidine rings is 1. The minimum absolute atomic E-state index is 0.151. The number of hydrogen-bond acceptors (Lipinski definition) is 3. The van der Waals surface area contributed by atoms with Crippen LogP contribution in [0.25, 0.3) is 0 Å². The monoisotopic (exact) mass is 350 g/mol. The van der Waals surface area contributed by atoms with Crippen LogP contribution in [-0.4, -0.2) is 50.5 Å². The number of hydrogen-bond donors (Lipinski definition) is 2. The number of nitrogens with one attached hydrogen (secondary N) is 2. The molecule has 6 heteroatoms. The fourth-order valence-corrected chi connectivity index (χ4v) is 4.03. The highest BCUT2D eigenvalue weighted by molar-refractivity contribution is 7.09. The standard InChI is InChI=1S/C18H30N4OS/c1-14(11-16-5-4-10-24-16)13-21-18(20-3)22-8-6-15(7-9-22)12-17(23)19-2/h4-5,10,14-15H,6-9,11-13H2,1-3H3,(H,19,23)(H,20,21). The second kappa shape index (κ2) is 9.67. The summed E-state index contributed by atoms with van der Waals surface area (Å²) in [5.74, 6) is 2.22. The average molecular weight is 351 g/mol. The molecule has 0 radical (unpaired) electrons. The number of rotatable bonds is 6. The van der Waals surface area contributed by atoms with E-state index in [1.165, 1.54) is 4.88 Å². The topological polar surface area (TPSA) is 56.7 Å². The van der Waals surface area contributed by atoms with Gasteiger partial charge in [-0.1, -0.05) is 13.0 Å². The predicted molar refractivity (Wildman–Crippen MR) is 102 cm³/mol. The van der Waals surface area contributed by atoms with Gasteiger partial charge in [0, 0.05) is 45.0 Å². The van der Waals surface area contributed by atoms with Crippen LogP contribution in [0.5, 0.6) is 0 Å². The van der Waals surface area contributed by atoms with Gasteiger partial charge in [-0.3, -0.25) is 9.79 Å². The molecule has 1 saturated heterocycles. The Balaban J connectivity index is 1.73. The van der Waals surface area contributed by atoms with Crippen LogP contribution in [0.15, 0.2) is 22.5 Å². The van der Waals surface area contributed by atoms with Crippen LogP contribution in [-0.2, 0) is 11.2 Å². The molecule has 1 aliphatic rings. The number of likely N-dealkylation sites (tertiary alicyclic amines) is 1. The molecule has 2 heterocycles. The van der Waals surface area contributed by atoms with Crippen molar-refractivity contribution in [1.82, 2.24) is 15.5 Å². The Hall–Kier alpha value is -1.56. The Bertz CT molecular complexity index is 521. The van der Waals surface area contributed by atoms with E-state index in [-0.39, 0.29) is 5.91 Å². The zero-order valence-corrected chi connectivity index (χ0v) is 15.9. The third kappa shape index (κ3) is 5.82. The van der Waals surface area contributed by atoms with Crippen molar-refractivity contribution in [2.24, 2.45) is 16.8 Å². The van der Waals surface area contributed by atoms with Crippen LogP contribution in [0.1, 0.15) is 31.1 Å². The van der Waals surface area contributed by atoms with E-state index in [2.05, 4.69) is 45.0 Å². The van der Waals surface area contributed by atoms with Gasteiger partial charge in [-0.25, -0.2) is 0 Å². The SMILES string of the molecule is CN=C(NCC(C)Cc1cccs1)N1CCC(CC(=O)NC)CC1. The van der Waals surface area contributed by atoms with Gasteiger partial charge < -0.3 is 15.5 Å². The van der Waals surface area contributed by atoms with E-state index in [1.807, 2.05) is 18.4 Å². The summed E-state index contributed by atoms with van der Waals surface area (Å²) in [5, 5.41) is 8.38. The maximum atomic E-state index is 11.5. The minimum Gasteiger partial charge on any atom is -0.359 e. The summed E-state index contributed by atoms with van der Waals surface area (Å²) in [5.41, 5.74) is 0. The van der Waals surface area contributed by atoms with Gasteiger partial charge in [0.2, 0.25) is 5.91 Å². The molecule has 1 aliphatic heterocycles. The summed E-state index contributed by atoms with van der Waals surface area (Å²) in [6, 6.07) is 4.31. The summed E-state index contributed by atoms with van der Waals surface area (Å²) in [6.07, 6.45) is 3.86. The van der Waals surface area contributed by atoms with Crippen LogP contribution in [0.3, 0.4) is 0 Å². The first-order chi connectivity index (χ1) is 11.6. The maximum absolute atomic E-state index is 11.5. The number of nitrogens with zero attached hydrogens (tertiary/aromatic N) is 2. The lowest BCUT2D eigenvalue weighted by Crippen LogP contribution is -2.47. The van der Waals surface area contributed by atoms with Crippen molar-refractivity contribution in [3.05, 3.63) is 22.4 Å². The van der Waals surface area contributed by atoms with Gasteiger partial charge in [0.05, 0.1) is 0 Å². The van der Waals surface area contributed by atoms with Gasteiger partial charge in [-0.2, -0.15) is 0 Å². The number of carbonyl (C=O) groups excluding carboxylic acids is 1. The summed E-state index contributed by atoms with van der Waals surface area (Å²) < 4.78 is 0. The Morgan fingerprint density at radius 3 is 2.79 bits per heavy atom. The van der Waals surface area contributed by atoms with Gasteiger partial charge in [0.15, 0.2) is 5.96 Å². The fraction of sp³-hybridized carbons (Fsp3) is 0.667. The van der Waals surface area contributed by atoms with Gasteiger partial charge in [-0.15, -0.1) is 11.3 Å². The third-order valence-corrected chi connectivity index (χ3v) is 5.52. The van der Waals surface area contributed by atoms with Crippen molar-refractivity contribution in [1.29, 1.82) is 0 Å². The summed E-state index contributed by atoms with van der Waals surface area (Å²) in [4.78, 5) is 19.7. The van der Waals surface area contributed by atoms with Crippen molar-refractivity contribution < 1.29 is 4.79 Å². The van der Waals surface area contributed by atoms with E-state index in [0.717, 1.165) is 44.9 Å². The molecule has 0 spiro atoms. The second-order valence-electron chi connectivity index (χ2n) is 6.62. The highest BCUT2D eigenvalue weighted by Gasteiger charge is 2.23. The van der Waals surface area contributed by atoms with Gasteiger partial charge in [0.25, 0.3) is 0 Å². The van der Waals surface area contributed by atoms with Gasteiger partial charge in [-0.05, 0) is 42.5 Å². The molecule has 1 amide bonds. The molecule has 5 nitrogen and oxygen atoms in total. The van der Waals surface area contributed by atoms with Crippen molar-refractivity contribution in [3.8, 4) is 0 Å². The first-order valence-corrected chi connectivity index (χ1v) is 9.69. The minimum atomic E-state index is 0.151. The molecule has 2 rings (SSSR count). The Morgan fingerprint density at radius 1 is 1.46 bits per heavy atom. The van der Waals surface area contributed by atoms with Crippen LogP contribution in [0, 0.1) is 11.8 Å². The molecular formula is C18H30N4OS. The zero-order chi connectivity index (χ0) is 17.4. The van der Waals surface area contributed by atoms with Gasteiger partial charge in [0.1, 0.15) is 0 Å². The van der Waals surface area contributed by atoms with E-state index in [4.69, 9.17) is 0 Å². The number of carbonyl (C=O) groups is 1. The molecule has 134 valence electrons. The van der Waals surface area contributed by atoms with E-state index in [9.17, 15) is 4.79 Å². The third-order valence-electron chi connectivity index (χ3n) is 4.62. The van der Waals surface area contributed by atoms with Crippen LogP contribution >= 0.6 is 11.3 Å². The Kier molecular flexibility index (Phi) is 7.56. The highest BCUT2D eigenvalue weighted by Crippen LogP contribution is 2.20. The normalized spacial score (nSPS) is 17.6. The van der Waals surface area contributed by atoms with Crippen LogP contribution in [0.4, 0.5) is 0 Å². The number of thiophene rings is 1. The fourth-order valence-electron chi connectivity index (χ4n) is 3.16. The van der Waals surface area contributed by atoms with Crippen molar-refractivity contribution in [2.45, 2.75) is 32.6 Å². The largest absolute Gasteiger partial charge is 0.359 e. The average Bonchev–Trinajstić information content (AvgIpc) is 3.09. The first kappa shape index (κ1) is 18.8. The lowest BCUT2D eigenvalue weighted by atomic mass is 9.93. The second-order valence-corrected chi connectivity index (χ2v) is 7.66. The zero-order valence-electron chi connectivity index (χ0n) is 15.0. The molecule has 1 aromatic rings. The molecule has 0 aliphatic carbocycles. The van der Waals surface area contributed by atoms with E-state index < -0.39 is 0 Å². The number of aliphatic imine (C=N–C) groups is 1. The summed E-state index contributed by atoms with van der Waals surface area (Å²) in [6.45, 7) is 5.15. The summed E-state index contributed by atoms with van der Waals surface area (Å²) >= 11 is 1.83. The lowest BCUT2D eigenvalue weighted by molar-refractivity contribution is -0.121. The number of amides is 1. The molecule has 24 heavy (non-hydrogen) atoms. The van der Waals surface area contributed by atoms with E-state index in [1.54, 1.807) is 7.05 Å². The Labute approximate surface area is 149 Å². The van der Waals surface area contributed by atoms with Crippen molar-refractivity contribution in [3.63, 3.8) is 0 Å². The summed E-state index contributed by atoms with van der Waals surface area (Å²) in [7, 11) is 3.56. The number of guanidine groups is 1. The maximum Gasteiger partial charge on any atom is 0.220 e. The Morgan fingerprint density at radius 2 is 2.21 bits per heavy atom. The van der Waals surface area contributed by atoms with Crippen LogP contribution in [0.2, 0.25) is 0 Å². The lowest BCUT2D eigenvalue weighted by Gasteiger charge is -2.34. The molecule has 0 saturated carbocycles. The van der Waals surface area contributed by atoms with Crippen LogP contribution < -0.4 is 10.6 Å². The highest BCUT2D eigenvalue weighted by atomic mass is 32.1. The smallest absolute Gasteiger partial charge is 0.220 e.